The molecule has 0 amide bonds. The van der Waals surface area contributed by atoms with E-state index in [2.05, 4.69) is 67.9 Å². The smallest absolute Gasteiger partial charge is 0.0740 e. The summed E-state index contributed by atoms with van der Waals surface area (Å²) in [5, 5.41) is 0. The van der Waals surface area contributed by atoms with Crippen molar-refractivity contribution in [3.05, 3.63) is 56.3 Å². The quantitative estimate of drug-likeness (QED) is 0.646. The van der Waals surface area contributed by atoms with Gasteiger partial charge in [0.1, 0.15) is 0 Å². The number of alkyl halides is 1. The lowest BCUT2D eigenvalue weighted by molar-refractivity contribution is 1.16. The molecule has 0 radical (unpaired) electrons. The van der Waals surface area contributed by atoms with Gasteiger partial charge in [0, 0.05) is 9.75 Å². The van der Waals surface area contributed by atoms with E-state index in [1.165, 1.54) is 32.0 Å². The van der Waals surface area contributed by atoms with Gasteiger partial charge in [-0.1, -0.05) is 39.7 Å². The highest BCUT2D eigenvalue weighted by atomic mass is 79.9. The summed E-state index contributed by atoms with van der Waals surface area (Å²) in [6.07, 6.45) is 0. The third-order valence-electron chi connectivity index (χ3n) is 3.14. The van der Waals surface area contributed by atoms with E-state index in [1.807, 2.05) is 11.3 Å². The van der Waals surface area contributed by atoms with Gasteiger partial charge < -0.3 is 0 Å². The molecule has 0 aliphatic rings. The summed E-state index contributed by atoms with van der Waals surface area (Å²) in [7, 11) is 0. The van der Waals surface area contributed by atoms with Crippen molar-refractivity contribution in [1.82, 2.24) is 0 Å². The molecule has 90 valence electrons. The van der Waals surface area contributed by atoms with E-state index in [0.29, 0.717) is 4.83 Å². The van der Waals surface area contributed by atoms with Crippen LogP contribution >= 0.6 is 27.3 Å². The lowest BCUT2D eigenvalue weighted by Gasteiger charge is -2.12. The minimum atomic E-state index is 0.319. The minimum absolute atomic E-state index is 0.319. The average Bonchev–Trinajstić information content (AvgIpc) is 2.62. The SMILES string of the molecule is Cc1ccc(C)c(C(Br)c2cc(C)c(C)s2)c1. The first-order valence-corrected chi connectivity index (χ1v) is 7.50. The van der Waals surface area contributed by atoms with Gasteiger partial charge in [-0.25, -0.2) is 0 Å². The fraction of sp³-hybridized carbons (Fsp3) is 0.333. The number of thiophene rings is 1. The van der Waals surface area contributed by atoms with E-state index in [0.717, 1.165) is 0 Å². The molecule has 0 saturated carbocycles. The topological polar surface area (TPSA) is 0 Å². The molecule has 1 unspecified atom stereocenters. The van der Waals surface area contributed by atoms with E-state index in [4.69, 9.17) is 0 Å². The highest BCUT2D eigenvalue weighted by Gasteiger charge is 2.15. The zero-order valence-corrected chi connectivity index (χ0v) is 13.1. The van der Waals surface area contributed by atoms with Gasteiger partial charge >= 0.3 is 0 Å². The van der Waals surface area contributed by atoms with Crippen LogP contribution in [-0.2, 0) is 0 Å². The van der Waals surface area contributed by atoms with E-state index in [9.17, 15) is 0 Å². The first-order valence-electron chi connectivity index (χ1n) is 5.77. The van der Waals surface area contributed by atoms with Gasteiger partial charge in [-0.15, -0.1) is 11.3 Å². The van der Waals surface area contributed by atoms with Crippen molar-refractivity contribution >= 4 is 27.3 Å². The van der Waals surface area contributed by atoms with Gasteiger partial charge in [0.05, 0.1) is 4.83 Å². The maximum absolute atomic E-state index is 3.84. The number of hydrogen-bond acceptors (Lipinski definition) is 1. The van der Waals surface area contributed by atoms with E-state index >= 15 is 0 Å². The molecule has 0 saturated heterocycles. The Labute approximate surface area is 116 Å². The molecule has 0 aliphatic heterocycles. The Balaban J connectivity index is 2.42. The molecular formula is C15H17BrS. The summed E-state index contributed by atoms with van der Waals surface area (Å²) in [4.78, 5) is 3.13. The highest BCUT2D eigenvalue weighted by Crippen LogP contribution is 2.38. The van der Waals surface area contributed by atoms with Gasteiger partial charge in [-0.3, -0.25) is 0 Å². The number of halogens is 1. The summed E-state index contributed by atoms with van der Waals surface area (Å²) in [6.45, 7) is 8.69. The molecule has 2 rings (SSSR count). The van der Waals surface area contributed by atoms with Crippen LogP contribution in [0.2, 0.25) is 0 Å². The molecule has 1 atom stereocenters. The Morgan fingerprint density at radius 1 is 1.00 bits per heavy atom. The van der Waals surface area contributed by atoms with Crippen molar-refractivity contribution in [2.24, 2.45) is 0 Å². The molecule has 1 aromatic carbocycles. The molecule has 0 bridgehead atoms. The van der Waals surface area contributed by atoms with E-state index in [-0.39, 0.29) is 0 Å². The van der Waals surface area contributed by atoms with Crippen LogP contribution in [0.4, 0.5) is 0 Å². The van der Waals surface area contributed by atoms with Gasteiger partial charge in [-0.05, 0) is 50.5 Å². The zero-order valence-electron chi connectivity index (χ0n) is 10.7. The lowest BCUT2D eigenvalue weighted by Crippen LogP contribution is -1.94. The maximum atomic E-state index is 3.84. The van der Waals surface area contributed by atoms with Gasteiger partial charge in [0.15, 0.2) is 0 Å². The Morgan fingerprint density at radius 2 is 1.71 bits per heavy atom. The Kier molecular flexibility index (Phi) is 3.74. The Morgan fingerprint density at radius 3 is 2.29 bits per heavy atom. The van der Waals surface area contributed by atoms with E-state index < -0.39 is 0 Å². The standard InChI is InChI=1S/C15H17BrS/c1-9-5-6-10(2)13(7-9)15(16)14-8-11(3)12(4)17-14/h5-8,15H,1-4H3. The maximum Gasteiger partial charge on any atom is 0.0740 e. The van der Waals surface area contributed by atoms with Crippen molar-refractivity contribution in [3.8, 4) is 0 Å². The fourth-order valence-corrected chi connectivity index (χ4v) is 3.86. The normalized spacial score (nSPS) is 12.8. The van der Waals surface area contributed by atoms with Crippen LogP contribution in [0.3, 0.4) is 0 Å². The summed E-state index contributed by atoms with van der Waals surface area (Å²) >= 11 is 5.72. The molecule has 0 N–H and O–H groups in total. The molecule has 2 heteroatoms. The van der Waals surface area contributed by atoms with Crippen LogP contribution in [-0.4, -0.2) is 0 Å². The summed E-state index contributed by atoms with van der Waals surface area (Å²) < 4.78 is 0. The highest BCUT2D eigenvalue weighted by molar-refractivity contribution is 9.09. The third-order valence-corrected chi connectivity index (χ3v) is 5.65. The number of benzene rings is 1. The van der Waals surface area contributed by atoms with Crippen molar-refractivity contribution in [2.75, 3.05) is 0 Å². The van der Waals surface area contributed by atoms with Crippen molar-refractivity contribution in [1.29, 1.82) is 0 Å². The lowest BCUT2D eigenvalue weighted by atomic mass is 10.0. The second kappa shape index (κ2) is 4.95. The summed E-state index contributed by atoms with van der Waals surface area (Å²) in [5.74, 6) is 0. The number of hydrogen-bond donors (Lipinski definition) is 0. The van der Waals surface area contributed by atoms with Gasteiger partial charge in [-0.2, -0.15) is 0 Å². The Hall–Kier alpha value is -0.600. The van der Waals surface area contributed by atoms with Gasteiger partial charge in [0.25, 0.3) is 0 Å². The van der Waals surface area contributed by atoms with Gasteiger partial charge in [0.2, 0.25) is 0 Å². The van der Waals surface area contributed by atoms with Crippen LogP contribution in [0, 0.1) is 27.7 Å². The number of rotatable bonds is 2. The van der Waals surface area contributed by atoms with Crippen LogP contribution in [0.25, 0.3) is 0 Å². The predicted octanol–water partition coefficient (Wildman–Crippen LogP) is 5.47. The first-order chi connectivity index (χ1) is 7.99. The first kappa shape index (κ1) is 12.8. The second-order valence-corrected chi connectivity index (χ2v) is 6.81. The monoisotopic (exact) mass is 308 g/mol. The largest absolute Gasteiger partial charge is 0.144 e. The number of aryl methyl sites for hydroxylation is 4. The Bertz CT molecular complexity index is 520. The van der Waals surface area contributed by atoms with Crippen molar-refractivity contribution < 1.29 is 0 Å². The molecule has 1 aromatic heterocycles. The summed E-state index contributed by atoms with van der Waals surface area (Å²) in [5.41, 5.74) is 5.44. The molecule has 0 aliphatic carbocycles. The second-order valence-electron chi connectivity index (χ2n) is 4.61. The van der Waals surface area contributed by atoms with Crippen LogP contribution in [0.1, 0.15) is 36.8 Å². The summed E-state index contributed by atoms with van der Waals surface area (Å²) in [6, 6.07) is 8.94. The molecular weight excluding hydrogens is 292 g/mol. The van der Waals surface area contributed by atoms with Crippen LogP contribution in [0.15, 0.2) is 24.3 Å². The average molecular weight is 309 g/mol. The van der Waals surface area contributed by atoms with Crippen molar-refractivity contribution in [3.63, 3.8) is 0 Å². The van der Waals surface area contributed by atoms with E-state index in [1.54, 1.807) is 0 Å². The molecule has 2 aromatic rings. The third kappa shape index (κ3) is 2.63. The van der Waals surface area contributed by atoms with Crippen molar-refractivity contribution in [2.45, 2.75) is 32.5 Å². The predicted molar refractivity (Wildman–Crippen MR) is 80.5 cm³/mol. The molecule has 1 heterocycles. The fourth-order valence-electron chi connectivity index (χ4n) is 1.91. The molecule has 0 nitrogen and oxygen atoms in total. The van der Waals surface area contributed by atoms with Crippen LogP contribution < -0.4 is 0 Å². The van der Waals surface area contributed by atoms with Crippen LogP contribution in [0.5, 0.6) is 0 Å². The molecule has 17 heavy (non-hydrogen) atoms. The molecule has 0 fully saturated rings. The minimum Gasteiger partial charge on any atom is -0.144 e. The molecule has 0 spiro atoms. The zero-order chi connectivity index (χ0) is 12.6.